The molecule has 0 spiro atoms. The zero-order chi connectivity index (χ0) is 13.1. The summed E-state index contributed by atoms with van der Waals surface area (Å²) in [6, 6.07) is 7.11. The van der Waals surface area contributed by atoms with E-state index in [9.17, 15) is 9.59 Å². The molecule has 1 fully saturated rings. The normalized spacial score (nSPS) is 16.6. The Morgan fingerprint density at radius 3 is 2.50 bits per heavy atom. The molecule has 0 radical (unpaired) electrons. The van der Waals surface area contributed by atoms with Gasteiger partial charge in [0.15, 0.2) is 0 Å². The van der Waals surface area contributed by atoms with Gasteiger partial charge in [0.1, 0.15) is 0 Å². The van der Waals surface area contributed by atoms with E-state index in [-0.39, 0.29) is 5.91 Å². The van der Waals surface area contributed by atoms with E-state index < -0.39 is 5.97 Å². The van der Waals surface area contributed by atoms with Crippen LogP contribution in [0, 0.1) is 0 Å². The number of carbonyl (C=O) groups excluding carboxylic acids is 1. The average Bonchev–Trinajstić information content (AvgIpc) is 2.39. The number of carbonyl (C=O) groups is 2. The van der Waals surface area contributed by atoms with Crippen molar-refractivity contribution in [3.05, 3.63) is 35.4 Å². The first-order valence-electron chi connectivity index (χ1n) is 6.16. The summed E-state index contributed by atoms with van der Waals surface area (Å²) in [5.74, 6) is -0.411. The van der Waals surface area contributed by atoms with Gasteiger partial charge in [-0.25, -0.2) is 4.79 Å². The smallest absolute Gasteiger partial charge is 0.335 e. The van der Waals surface area contributed by atoms with Crippen LogP contribution in [0.1, 0.15) is 41.6 Å². The number of hydrogen-bond donors (Lipinski definition) is 1. The second-order valence-corrected chi connectivity index (χ2v) is 4.71. The second kappa shape index (κ2) is 5.21. The third kappa shape index (κ3) is 2.70. The Morgan fingerprint density at radius 2 is 1.94 bits per heavy atom. The zero-order valence-electron chi connectivity index (χ0n) is 10.4. The predicted octanol–water partition coefficient (Wildman–Crippen LogP) is 2.11. The van der Waals surface area contributed by atoms with Crippen molar-refractivity contribution >= 4 is 11.9 Å². The number of rotatable bonds is 2. The molecule has 2 rings (SSSR count). The van der Waals surface area contributed by atoms with Crippen LogP contribution in [0.3, 0.4) is 0 Å². The highest BCUT2D eigenvalue weighted by molar-refractivity contribution is 5.87. The summed E-state index contributed by atoms with van der Waals surface area (Å²) < 4.78 is 0. The van der Waals surface area contributed by atoms with E-state index in [1.807, 2.05) is 11.0 Å². The summed E-state index contributed by atoms with van der Waals surface area (Å²) in [4.78, 5) is 24.0. The summed E-state index contributed by atoms with van der Waals surface area (Å²) in [6.45, 7) is 3.11. The molecule has 1 aromatic rings. The van der Waals surface area contributed by atoms with Gasteiger partial charge in [-0.3, -0.25) is 4.79 Å². The van der Waals surface area contributed by atoms with Crippen molar-refractivity contribution in [1.29, 1.82) is 0 Å². The highest BCUT2D eigenvalue weighted by Crippen LogP contribution is 2.28. The van der Waals surface area contributed by atoms with Crippen LogP contribution in [0.2, 0.25) is 0 Å². The molecular formula is C14H17NO3. The first-order valence-corrected chi connectivity index (χ1v) is 6.16. The minimum atomic E-state index is -0.891. The topological polar surface area (TPSA) is 57.6 Å². The van der Waals surface area contributed by atoms with Gasteiger partial charge in [0.2, 0.25) is 5.91 Å². The van der Waals surface area contributed by atoms with Gasteiger partial charge in [0.05, 0.1) is 5.56 Å². The molecule has 18 heavy (non-hydrogen) atoms. The molecule has 0 aliphatic carbocycles. The Hall–Kier alpha value is -1.84. The Kier molecular flexibility index (Phi) is 3.65. The Bertz CT molecular complexity index is 462. The van der Waals surface area contributed by atoms with Crippen LogP contribution in [0.4, 0.5) is 0 Å². The fraction of sp³-hybridized carbons (Fsp3) is 0.429. The summed E-state index contributed by atoms with van der Waals surface area (Å²) in [6.07, 6.45) is 1.81. The molecule has 1 N–H and O–H groups in total. The molecule has 0 atom stereocenters. The Balaban J connectivity index is 2.07. The van der Waals surface area contributed by atoms with Crippen molar-refractivity contribution in [2.45, 2.75) is 25.7 Å². The van der Waals surface area contributed by atoms with Gasteiger partial charge in [-0.1, -0.05) is 12.1 Å². The third-order valence-electron chi connectivity index (χ3n) is 3.55. The van der Waals surface area contributed by atoms with E-state index in [4.69, 9.17) is 5.11 Å². The number of carboxylic acids is 1. The highest BCUT2D eigenvalue weighted by Gasteiger charge is 2.22. The number of piperidine rings is 1. The van der Waals surface area contributed by atoms with Crippen molar-refractivity contribution in [1.82, 2.24) is 4.90 Å². The molecule has 0 aromatic heterocycles. The predicted molar refractivity (Wildman–Crippen MR) is 67.6 cm³/mol. The van der Waals surface area contributed by atoms with Crippen LogP contribution in [-0.2, 0) is 4.79 Å². The maximum Gasteiger partial charge on any atom is 0.335 e. The van der Waals surface area contributed by atoms with E-state index in [1.54, 1.807) is 25.1 Å². The van der Waals surface area contributed by atoms with E-state index in [1.165, 1.54) is 0 Å². The van der Waals surface area contributed by atoms with Crippen molar-refractivity contribution < 1.29 is 14.7 Å². The first-order chi connectivity index (χ1) is 8.58. The zero-order valence-corrected chi connectivity index (χ0v) is 10.4. The first kappa shape index (κ1) is 12.6. The van der Waals surface area contributed by atoms with Gasteiger partial charge in [-0.2, -0.15) is 0 Å². The standard InChI is InChI=1S/C14H17NO3/c1-10(16)15-7-5-11(6-8-15)12-3-2-4-13(9-12)14(17)18/h2-4,9,11H,5-8H2,1H3,(H,17,18). The van der Waals surface area contributed by atoms with E-state index in [0.717, 1.165) is 31.5 Å². The fourth-order valence-electron chi connectivity index (χ4n) is 2.45. The van der Waals surface area contributed by atoms with Crippen LogP contribution in [0.15, 0.2) is 24.3 Å². The van der Waals surface area contributed by atoms with Gasteiger partial charge in [-0.15, -0.1) is 0 Å². The maximum atomic E-state index is 11.2. The van der Waals surface area contributed by atoms with Crippen LogP contribution in [0.5, 0.6) is 0 Å². The monoisotopic (exact) mass is 247 g/mol. The van der Waals surface area contributed by atoms with Crippen molar-refractivity contribution in [3.63, 3.8) is 0 Å². The lowest BCUT2D eigenvalue weighted by Crippen LogP contribution is -2.36. The largest absolute Gasteiger partial charge is 0.478 e. The molecule has 1 aliphatic heterocycles. The van der Waals surface area contributed by atoms with Crippen LogP contribution in [0.25, 0.3) is 0 Å². The van der Waals surface area contributed by atoms with Gasteiger partial charge in [0, 0.05) is 20.0 Å². The van der Waals surface area contributed by atoms with Gasteiger partial charge in [-0.05, 0) is 36.5 Å². The number of nitrogens with zero attached hydrogens (tertiary/aromatic N) is 1. The SMILES string of the molecule is CC(=O)N1CCC(c2cccc(C(=O)O)c2)CC1. The van der Waals surface area contributed by atoms with E-state index >= 15 is 0 Å². The molecule has 4 nitrogen and oxygen atoms in total. The fourth-order valence-corrected chi connectivity index (χ4v) is 2.45. The molecule has 1 amide bonds. The van der Waals surface area contributed by atoms with Gasteiger partial charge < -0.3 is 10.0 Å². The number of likely N-dealkylation sites (tertiary alicyclic amines) is 1. The molecule has 0 unspecified atom stereocenters. The number of benzene rings is 1. The quantitative estimate of drug-likeness (QED) is 0.870. The Morgan fingerprint density at radius 1 is 1.28 bits per heavy atom. The van der Waals surface area contributed by atoms with Crippen molar-refractivity contribution in [3.8, 4) is 0 Å². The number of aromatic carboxylic acids is 1. The summed E-state index contributed by atoms with van der Waals surface area (Å²) in [7, 11) is 0. The minimum Gasteiger partial charge on any atom is -0.478 e. The maximum absolute atomic E-state index is 11.2. The van der Waals surface area contributed by atoms with Crippen LogP contribution >= 0.6 is 0 Å². The number of amides is 1. The molecular weight excluding hydrogens is 230 g/mol. The second-order valence-electron chi connectivity index (χ2n) is 4.71. The molecule has 1 aliphatic rings. The Labute approximate surface area is 106 Å². The molecule has 4 heteroatoms. The summed E-state index contributed by atoms with van der Waals surface area (Å²) in [5, 5.41) is 8.97. The summed E-state index contributed by atoms with van der Waals surface area (Å²) >= 11 is 0. The number of hydrogen-bond acceptors (Lipinski definition) is 2. The lowest BCUT2D eigenvalue weighted by molar-refractivity contribution is -0.129. The molecule has 1 heterocycles. The van der Waals surface area contributed by atoms with Gasteiger partial charge in [0.25, 0.3) is 0 Å². The lowest BCUT2D eigenvalue weighted by Gasteiger charge is -2.31. The number of carboxylic acid groups (broad SMARTS) is 1. The molecule has 1 saturated heterocycles. The highest BCUT2D eigenvalue weighted by atomic mass is 16.4. The average molecular weight is 247 g/mol. The summed E-state index contributed by atoms with van der Waals surface area (Å²) in [5.41, 5.74) is 1.40. The molecule has 1 aromatic carbocycles. The van der Waals surface area contributed by atoms with Crippen LogP contribution in [-0.4, -0.2) is 35.0 Å². The van der Waals surface area contributed by atoms with Crippen LogP contribution < -0.4 is 0 Å². The molecule has 0 bridgehead atoms. The van der Waals surface area contributed by atoms with E-state index in [2.05, 4.69) is 0 Å². The molecule has 0 saturated carbocycles. The van der Waals surface area contributed by atoms with Gasteiger partial charge >= 0.3 is 5.97 Å². The minimum absolute atomic E-state index is 0.118. The molecule has 96 valence electrons. The van der Waals surface area contributed by atoms with E-state index in [0.29, 0.717) is 11.5 Å². The lowest BCUT2D eigenvalue weighted by atomic mass is 9.88. The van der Waals surface area contributed by atoms with Crippen molar-refractivity contribution in [2.24, 2.45) is 0 Å². The third-order valence-corrected chi connectivity index (χ3v) is 3.55. The van der Waals surface area contributed by atoms with Crippen molar-refractivity contribution in [2.75, 3.05) is 13.1 Å².